The van der Waals surface area contributed by atoms with Crippen LogP contribution in [0.5, 0.6) is 0 Å². The summed E-state index contributed by atoms with van der Waals surface area (Å²) in [6.07, 6.45) is 12.8. The Labute approximate surface area is 134 Å². The van der Waals surface area contributed by atoms with Crippen molar-refractivity contribution in [3.05, 3.63) is 11.6 Å². The number of carbonyl (C=O) groups is 2. The molecule has 2 amide bonds. The molecule has 0 aromatic heterocycles. The van der Waals surface area contributed by atoms with Crippen molar-refractivity contribution in [1.82, 2.24) is 10.6 Å². The van der Waals surface area contributed by atoms with Crippen molar-refractivity contribution in [3.8, 4) is 0 Å². The molecule has 22 heavy (non-hydrogen) atoms. The molecule has 1 saturated carbocycles. The van der Waals surface area contributed by atoms with Gasteiger partial charge in [-0.3, -0.25) is 9.59 Å². The summed E-state index contributed by atoms with van der Waals surface area (Å²) in [6.45, 7) is 3.49. The lowest BCUT2D eigenvalue weighted by Crippen LogP contribution is -2.43. The van der Waals surface area contributed by atoms with E-state index in [0.717, 1.165) is 25.7 Å². The van der Waals surface area contributed by atoms with Gasteiger partial charge < -0.3 is 10.6 Å². The fourth-order valence-corrected chi connectivity index (χ4v) is 3.07. The van der Waals surface area contributed by atoms with Crippen LogP contribution >= 0.6 is 0 Å². The van der Waals surface area contributed by atoms with Crippen molar-refractivity contribution in [3.63, 3.8) is 0 Å². The minimum absolute atomic E-state index is 0.0713. The number of nitrogens with one attached hydrogen (secondary N) is 2. The molecule has 2 rings (SSSR count). The van der Waals surface area contributed by atoms with E-state index < -0.39 is 5.41 Å². The molecular weight excluding hydrogens is 276 g/mol. The highest BCUT2D eigenvalue weighted by Crippen LogP contribution is 2.46. The standard InChI is InChI=1S/C18H30N2O2/c1-2-3-7-13-19-16(21)18(11-12-18)17(22)20-14-10-15-8-5-4-6-9-15/h8H,2-7,9-14H2,1H3,(H,19,21)(H,20,22). The zero-order chi connectivity index (χ0) is 15.8. The second-order valence-corrected chi connectivity index (χ2v) is 6.66. The zero-order valence-electron chi connectivity index (χ0n) is 13.9. The van der Waals surface area contributed by atoms with Gasteiger partial charge in [-0.15, -0.1) is 0 Å². The molecule has 0 aromatic carbocycles. The molecule has 124 valence electrons. The van der Waals surface area contributed by atoms with Crippen LogP contribution in [0.1, 0.15) is 71.1 Å². The van der Waals surface area contributed by atoms with Gasteiger partial charge >= 0.3 is 0 Å². The molecule has 2 aliphatic rings. The lowest BCUT2D eigenvalue weighted by Gasteiger charge is -2.17. The zero-order valence-corrected chi connectivity index (χ0v) is 13.9. The van der Waals surface area contributed by atoms with Gasteiger partial charge in [0.05, 0.1) is 0 Å². The predicted molar refractivity (Wildman–Crippen MR) is 88.4 cm³/mol. The maximum atomic E-state index is 12.3. The molecule has 0 spiro atoms. The summed E-state index contributed by atoms with van der Waals surface area (Å²) in [6, 6.07) is 0. The number of unbranched alkanes of at least 4 members (excludes halogenated alkanes) is 2. The summed E-state index contributed by atoms with van der Waals surface area (Å²) in [7, 11) is 0. The topological polar surface area (TPSA) is 58.2 Å². The number of rotatable bonds is 9. The van der Waals surface area contributed by atoms with Gasteiger partial charge in [-0.1, -0.05) is 31.4 Å². The molecule has 2 N–H and O–H groups in total. The Morgan fingerprint density at radius 3 is 2.41 bits per heavy atom. The summed E-state index contributed by atoms with van der Waals surface area (Å²) in [5, 5.41) is 5.90. The SMILES string of the molecule is CCCCCNC(=O)C1(C(=O)NCCC2=CCCCC2)CC1. The van der Waals surface area contributed by atoms with Gasteiger partial charge in [-0.05, 0) is 51.4 Å². The van der Waals surface area contributed by atoms with E-state index in [1.165, 1.54) is 31.3 Å². The highest BCUT2D eigenvalue weighted by Gasteiger charge is 2.56. The minimum Gasteiger partial charge on any atom is -0.355 e. The van der Waals surface area contributed by atoms with Crippen LogP contribution in [0.3, 0.4) is 0 Å². The number of hydrogen-bond donors (Lipinski definition) is 2. The highest BCUT2D eigenvalue weighted by atomic mass is 16.2. The Morgan fingerprint density at radius 2 is 1.82 bits per heavy atom. The van der Waals surface area contributed by atoms with Crippen LogP contribution in [0.25, 0.3) is 0 Å². The fourth-order valence-electron chi connectivity index (χ4n) is 3.07. The maximum Gasteiger partial charge on any atom is 0.235 e. The molecular formula is C18H30N2O2. The molecule has 1 fully saturated rings. The molecule has 0 bridgehead atoms. The van der Waals surface area contributed by atoms with Crippen molar-refractivity contribution in [2.75, 3.05) is 13.1 Å². The molecule has 0 aromatic rings. The molecule has 0 saturated heterocycles. The third kappa shape index (κ3) is 4.59. The third-order valence-corrected chi connectivity index (χ3v) is 4.80. The Hall–Kier alpha value is -1.32. The van der Waals surface area contributed by atoms with Crippen LogP contribution in [0, 0.1) is 5.41 Å². The van der Waals surface area contributed by atoms with E-state index in [-0.39, 0.29) is 11.8 Å². The van der Waals surface area contributed by atoms with E-state index in [1.807, 2.05) is 0 Å². The minimum atomic E-state index is -0.757. The van der Waals surface area contributed by atoms with Gasteiger partial charge in [0.25, 0.3) is 0 Å². The van der Waals surface area contributed by atoms with Gasteiger partial charge in [0.2, 0.25) is 11.8 Å². The lowest BCUT2D eigenvalue weighted by atomic mass is 9.97. The average molecular weight is 306 g/mol. The normalized spacial score (nSPS) is 19.2. The van der Waals surface area contributed by atoms with Gasteiger partial charge in [0.15, 0.2) is 0 Å². The van der Waals surface area contributed by atoms with Gasteiger partial charge in [0.1, 0.15) is 5.41 Å². The first-order valence-electron chi connectivity index (χ1n) is 8.93. The molecule has 2 aliphatic carbocycles. The number of allylic oxidation sites excluding steroid dienone is 1. The van der Waals surface area contributed by atoms with Gasteiger partial charge in [0, 0.05) is 13.1 Å². The number of carbonyl (C=O) groups excluding carboxylic acids is 2. The fraction of sp³-hybridized carbons (Fsp3) is 0.778. The lowest BCUT2D eigenvalue weighted by molar-refractivity contribution is -0.137. The molecule has 4 heteroatoms. The molecule has 0 aliphatic heterocycles. The van der Waals surface area contributed by atoms with Crippen molar-refractivity contribution in [2.24, 2.45) is 5.41 Å². The van der Waals surface area contributed by atoms with Crippen LogP contribution in [0.2, 0.25) is 0 Å². The van der Waals surface area contributed by atoms with Crippen LogP contribution in [-0.2, 0) is 9.59 Å². The van der Waals surface area contributed by atoms with Crippen LogP contribution in [0.15, 0.2) is 11.6 Å². The Bertz CT molecular complexity index is 425. The summed E-state index contributed by atoms with van der Waals surface area (Å²) in [4.78, 5) is 24.5. The Kier molecular flexibility index (Phi) is 6.47. The van der Waals surface area contributed by atoms with Gasteiger partial charge in [-0.25, -0.2) is 0 Å². The molecule has 4 nitrogen and oxygen atoms in total. The monoisotopic (exact) mass is 306 g/mol. The van der Waals surface area contributed by atoms with Crippen molar-refractivity contribution in [1.29, 1.82) is 0 Å². The number of hydrogen-bond acceptors (Lipinski definition) is 2. The van der Waals surface area contributed by atoms with E-state index in [1.54, 1.807) is 0 Å². The highest BCUT2D eigenvalue weighted by molar-refractivity contribution is 6.07. The second-order valence-electron chi connectivity index (χ2n) is 6.66. The summed E-state index contributed by atoms with van der Waals surface area (Å²) < 4.78 is 0. The molecule has 0 unspecified atom stereocenters. The van der Waals surface area contributed by atoms with Crippen LogP contribution in [-0.4, -0.2) is 24.9 Å². The van der Waals surface area contributed by atoms with E-state index in [4.69, 9.17) is 0 Å². The molecule has 0 radical (unpaired) electrons. The van der Waals surface area contributed by atoms with Crippen LogP contribution < -0.4 is 10.6 Å². The quantitative estimate of drug-likeness (QED) is 0.391. The van der Waals surface area contributed by atoms with Gasteiger partial charge in [-0.2, -0.15) is 0 Å². The first kappa shape index (κ1) is 17.0. The Balaban J connectivity index is 1.69. The Morgan fingerprint density at radius 1 is 1.09 bits per heavy atom. The maximum absolute atomic E-state index is 12.3. The number of amides is 2. The smallest absolute Gasteiger partial charge is 0.235 e. The first-order valence-corrected chi connectivity index (χ1v) is 8.93. The second kappa shape index (κ2) is 8.35. The molecule has 0 heterocycles. The summed E-state index contributed by atoms with van der Waals surface area (Å²) in [5.74, 6) is -0.144. The van der Waals surface area contributed by atoms with E-state index in [0.29, 0.717) is 25.9 Å². The van der Waals surface area contributed by atoms with Crippen LogP contribution in [0.4, 0.5) is 0 Å². The third-order valence-electron chi connectivity index (χ3n) is 4.80. The van der Waals surface area contributed by atoms with E-state index in [2.05, 4.69) is 23.6 Å². The van der Waals surface area contributed by atoms with Crippen molar-refractivity contribution in [2.45, 2.75) is 71.1 Å². The summed E-state index contributed by atoms with van der Waals surface area (Å²) >= 11 is 0. The first-order chi connectivity index (χ1) is 10.7. The molecule has 0 atom stereocenters. The van der Waals surface area contributed by atoms with Crippen molar-refractivity contribution >= 4 is 11.8 Å². The summed E-state index contributed by atoms with van der Waals surface area (Å²) in [5.41, 5.74) is 0.702. The average Bonchev–Trinajstić information content (AvgIpc) is 3.34. The van der Waals surface area contributed by atoms with Crippen molar-refractivity contribution < 1.29 is 9.59 Å². The van der Waals surface area contributed by atoms with E-state index >= 15 is 0 Å². The largest absolute Gasteiger partial charge is 0.355 e. The van der Waals surface area contributed by atoms with E-state index in [9.17, 15) is 9.59 Å². The predicted octanol–water partition coefficient (Wildman–Crippen LogP) is 3.08.